The first-order chi connectivity index (χ1) is 12.6. The first kappa shape index (κ1) is 20.9. The van der Waals surface area contributed by atoms with E-state index in [1.807, 2.05) is 0 Å². The van der Waals surface area contributed by atoms with E-state index in [2.05, 4.69) is 60.3 Å². The van der Waals surface area contributed by atoms with Crippen molar-refractivity contribution in [2.75, 3.05) is 0 Å². The van der Waals surface area contributed by atoms with Crippen molar-refractivity contribution in [3.8, 4) is 0 Å². The highest BCUT2D eigenvalue weighted by Crippen LogP contribution is 2.69. The van der Waals surface area contributed by atoms with Gasteiger partial charge in [-0.3, -0.25) is 0 Å². The lowest BCUT2D eigenvalue weighted by atomic mass is 9.49. The Balaban J connectivity index is 1.86. The zero-order valence-electron chi connectivity index (χ0n) is 18.7. The van der Waals surface area contributed by atoms with E-state index in [-0.39, 0.29) is 6.10 Å². The highest BCUT2D eigenvalue weighted by atomic mass is 16.3. The predicted molar refractivity (Wildman–Crippen MR) is 117 cm³/mol. The second-order valence-electron chi connectivity index (χ2n) is 10.9. The molecule has 3 fully saturated rings. The topological polar surface area (TPSA) is 20.2 Å². The molecule has 1 heteroatoms. The van der Waals surface area contributed by atoms with Crippen LogP contribution in [0.3, 0.4) is 0 Å². The molecule has 152 valence electrons. The van der Waals surface area contributed by atoms with Gasteiger partial charge in [0.2, 0.25) is 0 Å². The van der Waals surface area contributed by atoms with Crippen molar-refractivity contribution in [1.29, 1.82) is 0 Å². The van der Waals surface area contributed by atoms with Gasteiger partial charge in [0.05, 0.1) is 6.10 Å². The lowest BCUT2D eigenvalue weighted by Gasteiger charge is -2.55. The maximum atomic E-state index is 10.3. The SMILES string of the molecule is C=C1C(C)C/C(=C\C=C2/CCCC3(C)[C@H]2CC[C@]3(C)C(C)(C)CC)C[C@H]1O. The van der Waals surface area contributed by atoms with Crippen LogP contribution in [-0.4, -0.2) is 11.2 Å². The van der Waals surface area contributed by atoms with Crippen molar-refractivity contribution in [3.63, 3.8) is 0 Å². The highest BCUT2D eigenvalue weighted by molar-refractivity contribution is 5.30. The Kier molecular flexibility index (Phi) is 5.58. The monoisotopic (exact) mass is 370 g/mol. The third-order valence-corrected chi connectivity index (χ3v) is 9.57. The lowest BCUT2D eigenvalue weighted by molar-refractivity contribution is -0.0501. The van der Waals surface area contributed by atoms with Crippen LogP contribution in [0.15, 0.2) is 35.5 Å². The third-order valence-electron chi connectivity index (χ3n) is 9.57. The molecule has 0 amide bonds. The van der Waals surface area contributed by atoms with E-state index in [4.69, 9.17) is 0 Å². The summed E-state index contributed by atoms with van der Waals surface area (Å²) in [4.78, 5) is 0. The van der Waals surface area contributed by atoms with Crippen LogP contribution in [0.4, 0.5) is 0 Å². The van der Waals surface area contributed by atoms with Crippen LogP contribution < -0.4 is 0 Å². The molecule has 0 bridgehead atoms. The summed E-state index contributed by atoms with van der Waals surface area (Å²) in [6.07, 6.45) is 14.2. The molecule has 3 rings (SSSR count). The number of hydrogen-bond donors (Lipinski definition) is 1. The van der Waals surface area contributed by atoms with Crippen LogP contribution in [0, 0.1) is 28.1 Å². The Labute approximate surface area is 168 Å². The van der Waals surface area contributed by atoms with Gasteiger partial charge >= 0.3 is 0 Å². The van der Waals surface area contributed by atoms with Gasteiger partial charge in [0.1, 0.15) is 0 Å². The summed E-state index contributed by atoms with van der Waals surface area (Å²) >= 11 is 0. The summed E-state index contributed by atoms with van der Waals surface area (Å²) in [7, 11) is 0. The van der Waals surface area contributed by atoms with Crippen molar-refractivity contribution in [1.82, 2.24) is 0 Å². The van der Waals surface area contributed by atoms with Gasteiger partial charge in [-0.2, -0.15) is 0 Å². The third kappa shape index (κ3) is 3.28. The molecule has 0 aromatic heterocycles. The van der Waals surface area contributed by atoms with E-state index >= 15 is 0 Å². The van der Waals surface area contributed by atoms with Crippen molar-refractivity contribution < 1.29 is 5.11 Å². The van der Waals surface area contributed by atoms with Crippen molar-refractivity contribution in [2.45, 2.75) is 99.0 Å². The first-order valence-corrected chi connectivity index (χ1v) is 11.3. The molecule has 0 aliphatic heterocycles. The highest BCUT2D eigenvalue weighted by Gasteiger charge is 2.60. The van der Waals surface area contributed by atoms with Crippen molar-refractivity contribution >= 4 is 0 Å². The molecule has 0 saturated heterocycles. The van der Waals surface area contributed by atoms with E-state index in [1.165, 1.54) is 44.1 Å². The summed E-state index contributed by atoms with van der Waals surface area (Å²) in [6.45, 7) is 18.8. The minimum atomic E-state index is -0.352. The maximum absolute atomic E-state index is 10.3. The van der Waals surface area contributed by atoms with Gasteiger partial charge in [0.15, 0.2) is 0 Å². The minimum absolute atomic E-state index is 0.352. The Morgan fingerprint density at radius 2 is 1.89 bits per heavy atom. The van der Waals surface area contributed by atoms with Gasteiger partial charge in [-0.25, -0.2) is 0 Å². The van der Waals surface area contributed by atoms with Crippen LogP contribution in [0.2, 0.25) is 0 Å². The van der Waals surface area contributed by atoms with E-state index in [9.17, 15) is 5.11 Å². The molecular formula is C26H42O. The summed E-state index contributed by atoms with van der Waals surface area (Å²) in [5.41, 5.74) is 5.32. The van der Waals surface area contributed by atoms with Gasteiger partial charge < -0.3 is 5.11 Å². The molecule has 5 atom stereocenters. The fourth-order valence-corrected chi connectivity index (χ4v) is 6.68. The number of fused-ring (bicyclic) bond motifs is 1. The molecule has 0 aromatic rings. The fraction of sp³-hybridized carbons (Fsp3) is 0.769. The number of hydrogen-bond acceptors (Lipinski definition) is 1. The van der Waals surface area contributed by atoms with Crippen molar-refractivity contribution in [2.24, 2.45) is 28.1 Å². The van der Waals surface area contributed by atoms with Gasteiger partial charge in [0.25, 0.3) is 0 Å². The van der Waals surface area contributed by atoms with Crippen LogP contribution >= 0.6 is 0 Å². The Morgan fingerprint density at radius 3 is 2.52 bits per heavy atom. The fourth-order valence-electron chi connectivity index (χ4n) is 6.68. The zero-order valence-corrected chi connectivity index (χ0v) is 18.7. The summed E-state index contributed by atoms with van der Waals surface area (Å²) in [5.74, 6) is 1.13. The average molecular weight is 371 g/mol. The van der Waals surface area contributed by atoms with Crippen LogP contribution in [0.5, 0.6) is 0 Å². The second kappa shape index (κ2) is 7.21. The standard InChI is InChI=1S/C26H42O/c1-8-24(4,5)26(7)15-13-22-21(10-9-14-25(22,26)6)12-11-20-16-18(2)19(3)23(27)17-20/h11-12,18,22-23,27H,3,8-10,13-17H2,1-2,4-7H3/b20-11+,21-12+/t18?,22-,23+,25?,26+/m0/s1. The van der Waals surface area contributed by atoms with Gasteiger partial charge in [-0.1, -0.05) is 77.8 Å². The molecular weight excluding hydrogens is 328 g/mol. The molecule has 2 unspecified atom stereocenters. The molecule has 3 aliphatic carbocycles. The van der Waals surface area contributed by atoms with Crippen LogP contribution in [0.1, 0.15) is 92.9 Å². The molecule has 0 spiro atoms. The maximum Gasteiger partial charge on any atom is 0.0787 e. The normalized spacial score (nSPS) is 43.4. The van der Waals surface area contributed by atoms with Gasteiger partial charge in [-0.15, -0.1) is 0 Å². The van der Waals surface area contributed by atoms with E-state index in [0.717, 1.165) is 24.3 Å². The molecule has 3 aliphatic rings. The Hall–Kier alpha value is -0.820. The first-order valence-electron chi connectivity index (χ1n) is 11.3. The summed E-state index contributed by atoms with van der Waals surface area (Å²) < 4.78 is 0. The Bertz CT molecular complexity index is 635. The number of aliphatic hydroxyl groups excluding tert-OH is 1. The quantitative estimate of drug-likeness (QED) is 0.519. The molecule has 3 saturated carbocycles. The molecule has 0 aromatic carbocycles. The molecule has 1 nitrogen and oxygen atoms in total. The van der Waals surface area contributed by atoms with Crippen LogP contribution in [0.25, 0.3) is 0 Å². The number of aliphatic hydroxyl groups is 1. The predicted octanol–water partition coefficient (Wildman–Crippen LogP) is 7.23. The average Bonchev–Trinajstić information content (AvgIpc) is 2.91. The van der Waals surface area contributed by atoms with Gasteiger partial charge in [0, 0.05) is 0 Å². The second-order valence-corrected chi connectivity index (χ2v) is 10.9. The largest absolute Gasteiger partial charge is 0.388 e. The Morgan fingerprint density at radius 1 is 1.19 bits per heavy atom. The molecule has 0 radical (unpaired) electrons. The van der Waals surface area contributed by atoms with E-state index in [0.29, 0.717) is 22.2 Å². The summed E-state index contributed by atoms with van der Waals surface area (Å²) in [6, 6.07) is 0. The molecule has 1 N–H and O–H groups in total. The number of allylic oxidation sites excluding steroid dienone is 3. The molecule has 27 heavy (non-hydrogen) atoms. The summed E-state index contributed by atoms with van der Waals surface area (Å²) in [5, 5.41) is 10.3. The zero-order chi connectivity index (χ0) is 20.0. The molecule has 0 heterocycles. The van der Waals surface area contributed by atoms with Crippen molar-refractivity contribution in [3.05, 3.63) is 35.5 Å². The minimum Gasteiger partial charge on any atom is -0.388 e. The van der Waals surface area contributed by atoms with Crippen LogP contribution in [-0.2, 0) is 0 Å². The van der Waals surface area contributed by atoms with Gasteiger partial charge in [-0.05, 0) is 78.6 Å². The van der Waals surface area contributed by atoms with E-state index in [1.54, 1.807) is 5.57 Å². The lowest BCUT2D eigenvalue weighted by Crippen LogP contribution is -2.48. The smallest absolute Gasteiger partial charge is 0.0787 e. The number of rotatable bonds is 3. The van der Waals surface area contributed by atoms with E-state index < -0.39 is 0 Å².